The van der Waals surface area contributed by atoms with Crippen LogP contribution >= 0.6 is 0 Å². The van der Waals surface area contributed by atoms with Crippen LogP contribution in [0.2, 0.25) is 0 Å². The molecule has 2 saturated heterocycles. The molecule has 2 aliphatic rings. The molecule has 10 amide bonds. The minimum Gasteiger partial charge on any atom is -0.391 e. The van der Waals surface area contributed by atoms with E-state index in [9.17, 15) is 48.3 Å². The number of hydrogen-bond acceptors (Lipinski definition) is 11. The molecule has 0 bridgehead atoms. The highest BCUT2D eigenvalue weighted by atomic mass is 16.3. The second-order valence-corrected chi connectivity index (χ2v) is 23.4. The van der Waals surface area contributed by atoms with E-state index in [1.165, 1.54) is 71.3 Å². The first-order valence-electron chi connectivity index (χ1n) is 28.7. The molecular formula is C60H92N10O11. The summed E-state index contributed by atoms with van der Waals surface area (Å²) in [5, 5.41) is 21.9. The Labute approximate surface area is 479 Å². The van der Waals surface area contributed by atoms with Gasteiger partial charge in [-0.3, -0.25) is 47.9 Å². The molecule has 0 unspecified atom stereocenters. The van der Waals surface area contributed by atoms with Crippen molar-refractivity contribution in [3.05, 3.63) is 71.8 Å². The van der Waals surface area contributed by atoms with Crippen molar-refractivity contribution < 1.29 is 53.1 Å². The smallest absolute Gasteiger partial charge is 0.254 e. The lowest BCUT2D eigenvalue weighted by molar-refractivity contribution is -0.148. The zero-order chi connectivity index (χ0) is 60.4. The fourth-order valence-corrected chi connectivity index (χ4v) is 10.6. The fraction of sp³-hybridized carbons (Fsp3) is 0.633. The molecule has 0 spiro atoms. The molecule has 2 aromatic carbocycles. The number of nitrogens with zero attached hydrogens (tertiary/aromatic N) is 6. The average molecular weight is 1130 g/mol. The van der Waals surface area contributed by atoms with Gasteiger partial charge in [-0.1, -0.05) is 102 Å². The van der Waals surface area contributed by atoms with E-state index in [2.05, 4.69) is 21.3 Å². The largest absolute Gasteiger partial charge is 0.391 e. The number of aliphatic hydroxyl groups is 1. The standard InChI is InChI=1S/C60H92N10O11/c1-37(2)29-45-34-50(73)63-51(42(8)71)58(79)65(9)36-40(6)54(75)64-52(60(81)70-27-21-16-22-28-70)59(80)66(10)35-39(5)53(74)61-41(7)55(76)69(13)48(32-44-25-19-15-20-26-44)57(78)68(12)46(30-38(3)4)33-49(72)62-47(56(77)67(45)11)31-43-23-17-14-18-24-43/h14-15,17-20,23-26,37-42,45-48,51-52,71H,16,21-22,27-36H2,1-13H3,(H,61,74)(H,62,72)(H,63,73)(H,64,75)/t39-,40-,41+,42-,45+,46+,47+,48+,51+,52+/m1/s1. The highest BCUT2D eigenvalue weighted by molar-refractivity contribution is 6.07. The molecule has 21 nitrogen and oxygen atoms in total. The highest BCUT2D eigenvalue weighted by Crippen LogP contribution is 2.22. The number of likely N-dealkylation sites (N-methyl/N-ethyl adjacent to an activating group) is 5. The number of rotatable bonds is 10. The molecule has 448 valence electrons. The maximum atomic E-state index is 15.0. The summed E-state index contributed by atoms with van der Waals surface area (Å²) < 4.78 is 0. The molecule has 5 N–H and O–H groups in total. The highest BCUT2D eigenvalue weighted by Gasteiger charge is 2.40. The van der Waals surface area contributed by atoms with Crippen LogP contribution in [-0.2, 0) is 60.8 Å². The summed E-state index contributed by atoms with van der Waals surface area (Å²) in [6.07, 6.45) is 1.27. The van der Waals surface area contributed by atoms with Crippen LogP contribution in [0.25, 0.3) is 0 Å². The Morgan fingerprint density at radius 2 is 1.00 bits per heavy atom. The summed E-state index contributed by atoms with van der Waals surface area (Å²) in [4.78, 5) is 151. The van der Waals surface area contributed by atoms with Crippen LogP contribution in [-0.4, -0.2) is 203 Å². The Hall–Kier alpha value is -6.90. The van der Waals surface area contributed by atoms with Crippen molar-refractivity contribution in [2.45, 2.75) is 162 Å². The van der Waals surface area contributed by atoms with Crippen molar-refractivity contribution in [2.24, 2.45) is 23.7 Å². The minimum absolute atomic E-state index is 0.00730. The third-order valence-electron chi connectivity index (χ3n) is 15.4. The molecule has 81 heavy (non-hydrogen) atoms. The summed E-state index contributed by atoms with van der Waals surface area (Å²) in [7, 11) is 7.42. The second-order valence-electron chi connectivity index (χ2n) is 23.4. The summed E-state index contributed by atoms with van der Waals surface area (Å²) in [5.41, 5.74) is 1.50. The van der Waals surface area contributed by atoms with Crippen molar-refractivity contribution in [2.75, 3.05) is 61.4 Å². The predicted octanol–water partition coefficient (Wildman–Crippen LogP) is 2.38. The molecule has 2 fully saturated rings. The van der Waals surface area contributed by atoms with Crippen molar-refractivity contribution in [1.29, 1.82) is 0 Å². The molecule has 0 radical (unpaired) electrons. The first-order chi connectivity index (χ1) is 38.1. The minimum atomic E-state index is -1.69. The van der Waals surface area contributed by atoms with Crippen LogP contribution in [0.1, 0.15) is 111 Å². The fourth-order valence-electron chi connectivity index (χ4n) is 10.6. The van der Waals surface area contributed by atoms with Gasteiger partial charge in [-0.05, 0) is 68.9 Å². The molecule has 2 aliphatic heterocycles. The Kier molecular flexibility index (Phi) is 25.8. The lowest BCUT2D eigenvalue weighted by Crippen LogP contribution is -2.59. The number of benzene rings is 2. The second kappa shape index (κ2) is 31.3. The summed E-state index contributed by atoms with van der Waals surface area (Å²) in [6, 6.07) is 10.2. The van der Waals surface area contributed by atoms with Gasteiger partial charge in [-0.2, -0.15) is 0 Å². The third-order valence-corrected chi connectivity index (χ3v) is 15.4. The molecule has 0 aliphatic carbocycles. The quantitative estimate of drug-likeness (QED) is 0.216. The monoisotopic (exact) mass is 1130 g/mol. The molecule has 2 heterocycles. The van der Waals surface area contributed by atoms with E-state index in [1.54, 1.807) is 21.0 Å². The normalized spacial score (nSPS) is 26.5. The van der Waals surface area contributed by atoms with Crippen LogP contribution in [0.3, 0.4) is 0 Å². The van der Waals surface area contributed by atoms with E-state index in [0.717, 1.165) is 17.5 Å². The number of aliphatic hydroxyl groups excluding tert-OH is 1. The van der Waals surface area contributed by atoms with Gasteiger partial charge < -0.3 is 55.8 Å². The zero-order valence-corrected chi connectivity index (χ0v) is 50.1. The van der Waals surface area contributed by atoms with Gasteiger partial charge in [0.15, 0.2) is 6.04 Å². The molecule has 2 aromatic rings. The molecule has 10 atom stereocenters. The summed E-state index contributed by atoms with van der Waals surface area (Å²) in [5.74, 6) is -8.21. The number of carbonyl (C=O) groups excluding carboxylic acids is 10. The van der Waals surface area contributed by atoms with Gasteiger partial charge in [0.1, 0.15) is 24.2 Å². The molecule has 0 aromatic heterocycles. The van der Waals surface area contributed by atoms with E-state index >= 15 is 4.79 Å². The molecule has 4 rings (SSSR count). The number of piperidine rings is 1. The molecule has 0 saturated carbocycles. The predicted molar refractivity (Wildman–Crippen MR) is 307 cm³/mol. The Morgan fingerprint density at radius 3 is 1.49 bits per heavy atom. The third kappa shape index (κ3) is 19.7. The van der Waals surface area contributed by atoms with Crippen LogP contribution < -0.4 is 21.3 Å². The number of nitrogens with one attached hydrogen (secondary N) is 4. The summed E-state index contributed by atoms with van der Waals surface area (Å²) in [6.45, 7) is 13.9. The maximum Gasteiger partial charge on any atom is 0.254 e. The average Bonchev–Trinajstić information content (AvgIpc) is 3.42. The van der Waals surface area contributed by atoms with Gasteiger partial charge in [-0.25, -0.2) is 0 Å². The van der Waals surface area contributed by atoms with E-state index in [1.807, 2.05) is 88.4 Å². The van der Waals surface area contributed by atoms with Crippen LogP contribution in [0.4, 0.5) is 0 Å². The molecule has 21 heteroatoms. The number of amides is 10. The van der Waals surface area contributed by atoms with Gasteiger partial charge in [0.2, 0.25) is 47.3 Å². The van der Waals surface area contributed by atoms with Crippen molar-refractivity contribution in [3.63, 3.8) is 0 Å². The van der Waals surface area contributed by atoms with Gasteiger partial charge >= 0.3 is 0 Å². The summed E-state index contributed by atoms with van der Waals surface area (Å²) >= 11 is 0. The molecular weight excluding hydrogens is 1040 g/mol. The number of likely N-dealkylation sites (tertiary alicyclic amines) is 1. The van der Waals surface area contributed by atoms with Gasteiger partial charge in [0.25, 0.3) is 11.8 Å². The van der Waals surface area contributed by atoms with Gasteiger partial charge in [0, 0.05) is 99.2 Å². The Morgan fingerprint density at radius 1 is 0.543 bits per heavy atom. The Bertz CT molecular complexity index is 2470. The SMILES string of the molecule is CC(C)C[C@H]1CC(=O)N[C@@H]([C@@H](C)O)C(=O)N(C)C[C@@H](C)C(=O)N[C@H](C(=O)N2CCCCC2)C(=O)N(C)C[C@@H](C)C(=O)N[C@@H](C)C(=O)N(C)[C@@H](Cc2ccccc2)C(=O)N(C)[C@@H](CC(C)C)CC(=O)N[C@@H](Cc2ccccc2)C(=O)N1C. The van der Waals surface area contributed by atoms with Crippen LogP contribution in [0.15, 0.2) is 60.7 Å². The zero-order valence-electron chi connectivity index (χ0n) is 50.1. The topological polar surface area (TPSA) is 258 Å². The van der Waals surface area contributed by atoms with Crippen molar-refractivity contribution in [1.82, 2.24) is 50.7 Å². The first-order valence-corrected chi connectivity index (χ1v) is 28.7. The van der Waals surface area contributed by atoms with Crippen molar-refractivity contribution >= 4 is 59.1 Å². The van der Waals surface area contributed by atoms with Crippen molar-refractivity contribution in [3.8, 4) is 0 Å². The van der Waals surface area contributed by atoms with Crippen LogP contribution in [0, 0.1) is 23.7 Å². The lowest BCUT2D eigenvalue weighted by Gasteiger charge is -2.37. The Balaban J connectivity index is 1.80. The van der Waals surface area contributed by atoms with Gasteiger partial charge in [0.05, 0.1) is 17.9 Å². The van der Waals surface area contributed by atoms with E-state index < -0.39 is 119 Å². The maximum absolute atomic E-state index is 15.0. The lowest BCUT2D eigenvalue weighted by atomic mass is 9.96. The first kappa shape index (κ1) is 66.6. The van der Waals surface area contributed by atoms with Gasteiger partial charge in [-0.15, -0.1) is 0 Å². The number of hydrogen-bond donors (Lipinski definition) is 5. The van der Waals surface area contributed by atoms with E-state index in [-0.39, 0.29) is 50.6 Å². The van der Waals surface area contributed by atoms with E-state index in [0.29, 0.717) is 38.8 Å². The van der Waals surface area contributed by atoms with E-state index in [4.69, 9.17) is 0 Å². The number of carbonyl (C=O) groups is 10. The van der Waals surface area contributed by atoms with Crippen LogP contribution in [0.5, 0.6) is 0 Å².